The molecule has 2 saturated heterocycles. The van der Waals surface area contributed by atoms with E-state index in [-0.39, 0.29) is 5.91 Å². The quantitative estimate of drug-likeness (QED) is 0.869. The normalized spacial score (nSPS) is 31.0. The van der Waals surface area contributed by atoms with Crippen LogP contribution < -0.4 is 5.73 Å². The first-order valence-electron chi connectivity index (χ1n) is 9.69. The van der Waals surface area contributed by atoms with Crippen molar-refractivity contribution in [3.8, 4) is 0 Å². The summed E-state index contributed by atoms with van der Waals surface area (Å²) in [7, 11) is 0. The molecule has 132 valence electrons. The number of piperidine rings is 1. The summed E-state index contributed by atoms with van der Waals surface area (Å²) in [5, 5.41) is 0. The molecule has 3 fully saturated rings. The van der Waals surface area contributed by atoms with Crippen LogP contribution in [0.25, 0.3) is 0 Å². The number of nitrogens with two attached hydrogens (primary N) is 1. The van der Waals surface area contributed by atoms with E-state index in [2.05, 4.69) is 4.90 Å². The smallest absolute Gasteiger partial charge is 0.242 e. The van der Waals surface area contributed by atoms with Crippen molar-refractivity contribution < 1.29 is 4.79 Å². The van der Waals surface area contributed by atoms with E-state index < -0.39 is 5.54 Å². The molecule has 3 rings (SSSR count). The topological polar surface area (TPSA) is 49.6 Å². The first kappa shape index (κ1) is 17.2. The van der Waals surface area contributed by atoms with Gasteiger partial charge >= 0.3 is 0 Å². The molecule has 0 radical (unpaired) electrons. The van der Waals surface area contributed by atoms with Crippen LogP contribution in [0.2, 0.25) is 0 Å². The molecule has 1 aliphatic carbocycles. The molecular weight excluding hydrogens is 286 g/mol. The summed E-state index contributed by atoms with van der Waals surface area (Å²) in [6.45, 7) is 9.22. The maximum atomic E-state index is 12.5. The van der Waals surface area contributed by atoms with Gasteiger partial charge in [0.25, 0.3) is 0 Å². The Labute approximate surface area is 141 Å². The number of carbonyl (C=O) groups excluding carboxylic acids is 1. The van der Waals surface area contributed by atoms with Gasteiger partial charge in [-0.05, 0) is 58.4 Å². The third-order valence-electron chi connectivity index (χ3n) is 6.26. The van der Waals surface area contributed by atoms with Crippen molar-refractivity contribution in [3.05, 3.63) is 0 Å². The lowest BCUT2D eigenvalue weighted by molar-refractivity contribution is -0.135. The molecule has 0 aromatic rings. The Morgan fingerprint density at radius 3 is 2.52 bits per heavy atom. The zero-order valence-electron chi connectivity index (χ0n) is 15.1. The van der Waals surface area contributed by atoms with Gasteiger partial charge in [0, 0.05) is 31.6 Å². The second kappa shape index (κ2) is 6.72. The van der Waals surface area contributed by atoms with Crippen LogP contribution in [0.15, 0.2) is 0 Å². The second-order valence-corrected chi connectivity index (χ2v) is 9.04. The molecule has 1 amide bonds. The highest BCUT2D eigenvalue weighted by atomic mass is 16.2. The maximum absolute atomic E-state index is 12.5. The summed E-state index contributed by atoms with van der Waals surface area (Å²) < 4.78 is 0. The van der Waals surface area contributed by atoms with Gasteiger partial charge in [0.1, 0.15) is 0 Å². The first-order chi connectivity index (χ1) is 10.9. The molecule has 0 aromatic heterocycles. The van der Waals surface area contributed by atoms with Gasteiger partial charge in [0.05, 0.1) is 5.54 Å². The molecule has 1 saturated carbocycles. The van der Waals surface area contributed by atoms with Gasteiger partial charge < -0.3 is 15.5 Å². The average molecular weight is 322 g/mol. The van der Waals surface area contributed by atoms with Crippen molar-refractivity contribution in [1.82, 2.24) is 9.80 Å². The van der Waals surface area contributed by atoms with E-state index in [9.17, 15) is 4.79 Å². The molecule has 3 aliphatic rings. The summed E-state index contributed by atoms with van der Waals surface area (Å²) in [4.78, 5) is 17.2. The first-order valence-corrected chi connectivity index (χ1v) is 9.69. The molecule has 0 unspecified atom stereocenters. The predicted octanol–water partition coefficient (Wildman–Crippen LogP) is 2.62. The maximum Gasteiger partial charge on any atom is 0.242 e. The SMILES string of the molecule is CC(C)(N)C(=O)N1CC[C@]2(CCCN(CC3CCCCC3)C2)C1. The van der Waals surface area contributed by atoms with Crippen molar-refractivity contribution in [2.45, 2.75) is 70.8 Å². The Kier molecular flexibility index (Phi) is 5.03. The van der Waals surface area contributed by atoms with Crippen LogP contribution in [0, 0.1) is 11.3 Å². The minimum atomic E-state index is -0.734. The van der Waals surface area contributed by atoms with E-state index in [1.165, 1.54) is 64.6 Å². The predicted molar refractivity (Wildman–Crippen MR) is 94.1 cm³/mol. The minimum Gasteiger partial charge on any atom is -0.340 e. The van der Waals surface area contributed by atoms with Crippen molar-refractivity contribution >= 4 is 5.91 Å². The van der Waals surface area contributed by atoms with E-state index in [0.29, 0.717) is 5.41 Å². The summed E-state index contributed by atoms with van der Waals surface area (Å²) >= 11 is 0. The van der Waals surface area contributed by atoms with Gasteiger partial charge in [0.15, 0.2) is 0 Å². The number of nitrogens with zero attached hydrogens (tertiary/aromatic N) is 2. The fraction of sp³-hybridized carbons (Fsp3) is 0.947. The summed E-state index contributed by atoms with van der Waals surface area (Å²) in [5.74, 6) is 1.04. The van der Waals surface area contributed by atoms with E-state index in [1.54, 1.807) is 0 Å². The third-order valence-corrected chi connectivity index (χ3v) is 6.26. The average Bonchev–Trinajstić information content (AvgIpc) is 2.90. The summed E-state index contributed by atoms with van der Waals surface area (Å²) in [6.07, 6.45) is 10.9. The second-order valence-electron chi connectivity index (χ2n) is 9.04. The van der Waals surface area contributed by atoms with Crippen molar-refractivity contribution in [2.24, 2.45) is 17.1 Å². The Morgan fingerprint density at radius 1 is 1.09 bits per heavy atom. The molecule has 0 aromatic carbocycles. The summed E-state index contributed by atoms with van der Waals surface area (Å²) in [6, 6.07) is 0. The number of carbonyl (C=O) groups is 1. The van der Waals surface area contributed by atoms with Gasteiger partial charge in [-0.15, -0.1) is 0 Å². The number of hydrogen-bond donors (Lipinski definition) is 1. The highest BCUT2D eigenvalue weighted by Crippen LogP contribution is 2.40. The Hall–Kier alpha value is -0.610. The van der Waals surface area contributed by atoms with Gasteiger partial charge in [-0.2, -0.15) is 0 Å². The molecule has 1 atom stereocenters. The molecule has 0 bridgehead atoms. The molecule has 2 heterocycles. The highest BCUT2D eigenvalue weighted by molar-refractivity contribution is 5.85. The molecule has 23 heavy (non-hydrogen) atoms. The number of likely N-dealkylation sites (tertiary alicyclic amines) is 2. The van der Waals surface area contributed by atoms with E-state index in [1.807, 2.05) is 18.7 Å². The molecular formula is C19H35N3O. The number of rotatable bonds is 3. The van der Waals surface area contributed by atoms with E-state index in [4.69, 9.17) is 5.73 Å². The van der Waals surface area contributed by atoms with Crippen LogP contribution >= 0.6 is 0 Å². The monoisotopic (exact) mass is 321 g/mol. The van der Waals surface area contributed by atoms with Crippen LogP contribution in [0.4, 0.5) is 0 Å². The zero-order valence-corrected chi connectivity index (χ0v) is 15.1. The van der Waals surface area contributed by atoms with Gasteiger partial charge in [-0.25, -0.2) is 0 Å². The minimum absolute atomic E-state index is 0.124. The molecule has 4 heteroatoms. The Bertz CT molecular complexity index is 425. The van der Waals surface area contributed by atoms with Crippen LogP contribution in [-0.2, 0) is 4.79 Å². The molecule has 2 N–H and O–H groups in total. The van der Waals surface area contributed by atoms with Gasteiger partial charge in [-0.3, -0.25) is 4.79 Å². The largest absolute Gasteiger partial charge is 0.340 e. The fourth-order valence-corrected chi connectivity index (χ4v) is 5.05. The lowest BCUT2D eigenvalue weighted by atomic mass is 9.78. The van der Waals surface area contributed by atoms with Crippen LogP contribution in [0.3, 0.4) is 0 Å². The highest BCUT2D eigenvalue weighted by Gasteiger charge is 2.44. The lowest BCUT2D eigenvalue weighted by Gasteiger charge is -2.42. The van der Waals surface area contributed by atoms with Crippen LogP contribution in [-0.4, -0.2) is 54.0 Å². The molecule has 4 nitrogen and oxygen atoms in total. The molecule has 2 aliphatic heterocycles. The Morgan fingerprint density at radius 2 is 1.83 bits per heavy atom. The van der Waals surface area contributed by atoms with E-state index >= 15 is 0 Å². The van der Waals surface area contributed by atoms with Crippen LogP contribution in [0.5, 0.6) is 0 Å². The standard InChI is InChI=1S/C19H35N3O/c1-18(2,20)17(23)22-12-10-19(15-22)9-6-11-21(14-19)13-16-7-4-3-5-8-16/h16H,3-15,20H2,1-2H3/t19-/m0/s1. The zero-order chi connectivity index (χ0) is 16.5. The fourth-order valence-electron chi connectivity index (χ4n) is 5.05. The number of amides is 1. The lowest BCUT2D eigenvalue weighted by Crippen LogP contribution is -2.52. The van der Waals surface area contributed by atoms with Gasteiger partial charge in [0.2, 0.25) is 5.91 Å². The summed E-state index contributed by atoms with van der Waals surface area (Å²) in [5.41, 5.74) is 5.63. The number of hydrogen-bond acceptors (Lipinski definition) is 3. The Balaban J connectivity index is 1.56. The van der Waals surface area contributed by atoms with Crippen LogP contribution in [0.1, 0.15) is 65.2 Å². The van der Waals surface area contributed by atoms with Crippen molar-refractivity contribution in [1.29, 1.82) is 0 Å². The van der Waals surface area contributed by atoms with Crippen molar-refractivity contribution in [3.63, 3.8) is 0 Å². The third kappa shape index (κ3) is 4.08. The van der Waals surface area contributed by atoms with E-state index in [0.717, 1.165) is 25.4 Å². The van der Waals surface area contributed by atoms with Gasteiger partial charge in [-0.1, -0.05) is 19.3 Å². The van der Waals surface area contributed by atoms with Crippen molar-refractivity contribution in [2.75, 3.05) is 32.7 Å². The molecule has 1 spiro atoms.